The average molecular weight is 286 g/mol. The van der Waals surface area contributed by atoms with Gasteiger partial charge in [0.15, 0.2) is 0 Å². The van der Waals surface area contributed by atoms with Crippen molar-refractivity contribution in [3.63, 3.8) is 0 Å². The van der Waals surface area contributed by atoms with Gasteiger partial charge < -0.3 is 10.2 Å². The van der Waals surface area contributed by atoms with Crippen LogP contribution in [0.2, 0.25) is 0 Å². The molecule has 21 heavy (non-hydrogen) atoms. The van der Waals surface area contributed by atoms with Gasteiger partial charge in [0.05, 0.1) is 0 Å². The second-order valence-corrected chi connectivity index (χ2v) is 5.56. The monoisotopic (exact) mass is 286 g/mol. The molecular formula is C18H23FN2. The number of nitrogens with zero attached hydrogens (tertiary/aromatic N) is 1. The number of hydrogen-bond donors (Lipinski definition) is 1. The molecule has 0 bridgehead atoms. The SMILES string of the molecule is CNC(C)c1cc(F)ccc1N(C)Cc1cccc(C)c1. The second-order valence-electron chi connectivity index (χ2n) is 5.56. The molecule has 1 N–H and O–H groups in total. The molecule has 0 aromatic heterocycles. The van der Waals surface area contributed by atoms with Gasteiger partial charge in [0, 0.05) is 25.3 Å². The molecule has 0 amide bonds. The second kappa shape index (κ2) is 6.72. The van der Waals surface area contributed by atoms with Crippen LogP contribution in [0.25, 0.3) is 0 Å². The van der Waals surface area contributed by atoms with Crippen LogP contribution in [-0.4, -0.2) is 14.1 Å². The van der Waals surface area contributed by atoms with Gasteiger partial charge in [0.2, 0.25) is 0 Å². The van der Waals surface area contributed by atoms with Crippen molar-refractivity contribution in [1.82, 2.24) is 5.32 Å². The quantitative estimate of drug-likeness (QED) is 0.892. The fourth-order valence-electron chi connectivity index (χ4n) is 2.54. The van der Waals surface area contributed by atoms with Crippen LogP contribution in [0.3, 0.4) is 0 Å². The highest BCUT2D eigenvalue weighted by Gasteiger charge is 2.13. The molecule has 3 heteroatoms. The number of benzene rings is 2. The van der Waals surface area contributed by atoms with Crippen molar-refractivity contribution in [2.45, 2.75) is 26.4 Å². The van der Waals surface area contributed by atoms with Crippen LogP contribution in [0, 0.1) is 12.7 Å². The summed E-state index contributed by atoms with van der Waals surface area (Å²) < 4.78 is 13.5. The molecule has 2 rings (SSSR count). The van der Waals surface area contributed by atoms with Gasteiger partial charge in [-0.25, -0.2) is 4.39 Å². The Morgan fingerprint density at radius 1 is 1.19 bits per heavy atom. The van der Waals surface area contributed by atoms with Crippen LogP contribution in [0.4, 0.5) is 10.1 Å². The molecule has 0 radical (unpaired) electrons. The van der Waals surface area contributed by atoms with Gasteiger partial charge in [0.25, 0.3) is 0 Å². The Balaban J connectivity index is 2.28. The van der Waals surface area contributed by atoms with E-state index in [0.717, 1.165) is 17.8 Å². The highest BCUT2D eigenvalue weighted by molar-refractivity contribution is 5.55. The molecule has 2 aromatic rings. The minimum Gasteiger partial charge on any atom is -0.370 e. The first-order valence-corrected chi connectivity index (χ1v) is 7.24. The largest absolute Gasteiger partial charge is 0.370 e. The van der Waals surface area contributed by atoms with Crippen LogP contribution in [0.5, 0.6) is 0 Å². The van der Waals surface area contributed by atoms with Crippen molar-refractivity contribution >= 4 is 5.69 Å². The minimum atomic E-state index is -0.195. The zero-order chi connectivity index (χ0) is 15.4. The molecule has 0 saturated heterocycles. The van der Waals surface area contributed by atoms with E-state index in [-0.39, 0.29) is 11.9 Å². The summed E-state index contributed by atoms with van der Waals surface area (Å²) >= 11 is 0. The van der Waals surface area contributed by atoms with Gasteiger partial charge in [-0.15, -0.1) is 0 Å². The third kappa shape index (κ3) is 3.82. The van der Waals surface area contributed by atoms with E-state index in [1.807, 2.05) is 27.1 Å². The summed E-state index contributed by atoms with van der Waals surface area (Å²) in [6.45, 7) is 4.94. The smallest absolute Gasteiger partial charge is 0.123 e. The standard InChI is InChI=1S/C18H23FN2/c1-13-6-5-7-15(10-13)12-21(4)18-9-8-16(19)11-17(18)14(2)20-3/h5-11,14,20H,12H2,1-4H3. The Hall–Kier alpha value is -1.87. The van der Waals surface area contributed by atoms with Gasteiger partial charge in [-0.05, 0) is 50.2 Å². The first-order valence-electron chi connectivity index (χ1n) is 7.24. The Bertz CT molecular complexity index is 610. The lowest BCUT2D eigenvalue weighted by atomic mass is 10.0. The van der Waals surface area contributed by atoms with Crippen LogP contribution in [0.15, 0.2) is 42.5 Å². The van der Waals surface area contributed by atoms with Gasteiger partial charge >= 0.3 is 0 Å². The van der Waals surface area contributed by atoms with Crippen LogP contribution < -0.4 is 10.2 Å². The Labute approximate surface area is 126 Å². The average Bonchev–Trinajstić information content (AvgIpc) is 2.46. The number of anilines is 1. The van der Waals surface area contributed by atoms with Gasteiger partial charge in [0.1, 0.15) is 5.82 Å². The zero-order valence-corrected chi connectivity index (χ0v) is 13.2. The van der Waals surface area contributed by atoms with Crippen molar-refractivity contribution in [3.8, 4) is 0 Å². The minimum absolute atomic E-state index is 0.107. The van der Waals surface area contributed by atoms with Crippen molar-refractivity contribution in [2.75, 3.05) is 19.0 Å². The molecule has 2 nitrogen and oxygen atoms in total. The molecule has 0 saturated carbocycles. The van der Waals surface area contributed by atoms with E-state index in [1.165, 1.54) is 17.2 Å². The number of hydrogen-bond acceptors (Lipinski definition) is 2. The highest BCUT2D eigenvalue weighted by atomic mass is 19.1. The van der Waals surface area contributed by atoms with Crippen LogP contribution >= 0.6 is 0 Å². The molecular weight excluding hydrogens is 263 g/mol. The molecule has 0 aliphatic heterocycles. The lowest BCUT2D eigenvalue weighted by Gasteiger charge is -2.25. The molecule has 0 aliphatic rings. The van der Waals surface area contributed by atoms with E-state index in [1.54, 1.807) is 6.07 Å². The molecule has 0 aliphatic carbocycles. The zero-order valence-electron chi connectivity index (χ0n) is 13.2. The van der Waals surface area contributed by atoms with E-state index in [2.05, 4.69) is 41.4 Å². The molecule has 1 atom stereocenters. The first kappa shape index (κ1) is 15.5. The maximum absolute atomic E-state index is 13.5. The topological polar surface area (TPSA) is 15.3 Å². The molecule has 2 aromatic carbocycles. The molecule has 1 unspecified atom stereocenters. The van der Waals surface area contributed by atoms with E-state index >= 15 is 0 Å². The summed E-state index contributed by atoms with van der Waals surface area (Å²) in [5.74, 6) is -0.195. The third-order valence-corrected chi connectivity index (χ3v) is 3.80. The maximum atomic E-state index is 13.5. The van der Waals surface area contributed by atoms with Gasteiger partial charge in [-0.1, -0.05) is 29.8 Å². The lowest BCUT2D eigenvalue weighted by Crippen LogP contribution is -2.21. The third-order valence-electron chi connectivity index (χ3n) is 3.80. The summed E-state index contributed by atoms with van der Waals surface area (Å²) in [5.41, 5.74) is 4.54. The van der Waals surface area contributed by atoms with Crippen molar-refractivity contribution < 1.29 is 4.39 Å². The molecule has 0 fully saturated rings. The maximum Gasteiger partial charge on any atom is 0.123 e. The normalized spacial score (nSPS) is 12.2. The number of aryl methyl sites for hydroxylation is 1. The van der Waals surface area contributed by atoms with E-state index in [0.29, 0.717) is 0 Å². The van der Waals surface area contributed by atoms with Crippen LogP contribution in [0.1, 0.15) is 29.7 Å². The van der Waals surface area contributed by atoms with E-state index in [4.69, 9.17) is 0 Å². The summed E-state index contributed by atoms with van der Waals surface area (Å²) in [5, 5.41) is 3.18. The van der Waals surface area contributed by atoms with Crippen molar-refractivity contribution in [3.05, 3.63) is 65.0 Å². The number of rotatable bonds is 5. The Morgan fingerprint density at radius 2 is 1.95 bits per heavy atom. The van der Waals surface area contributed by atoms with Crippen molar-refractivity contribution in [1.29, 1.82) is 0 Å². The number of nitrogens with one attached hydrogen (secondary N) is 1. The van der Waals surface area contributed by atoms with Crippen LogP contribution in [-0.2, 0) is 6.54 Å². The Morgan fingerprint density at radius 3 is 2.62 bits per heavy atom. The van der Waals surface area contributed by atoms with Gasteiger partial charge in [-0.3, -0.25) is 0 Å². The predicted octanol–water partition coefficient (Wildman–Crippen LogP) is 4.05. The lowest BCUT2D eigenvalue weighted by molar-refractivity contribution is 0.607. The predicted molar refractivity (Wildman–Crippen MR) is 87.2 cm³/mol. The molecule has 0 heterocycles. The Kier molecular flexibility index (Phi) is 4.97. The summed E-state index contributed by atoms with van der Waals surface area (Å²) in [6, 6.07) is 13.6. The number of halogens is 1. The van der Waals surface area contributed by atoms with E-state index in [9.17, 15) is 4.39 Å². The summed E-state index contributed by atoms with van der Waals surface area (Å²) in [4.78, 5) is 2.16. The summed E-state index contributed by atoms with van der Waals surface area (Å²) in [7, 11) is 3.93. The highest BCUT2D eigenvalue weighted by Crippen LogP contribution is 2.27. The summed E-state index contributed by atoms with van der Waals surface area (Å²) in [6.07, 6.45) is 0. The fourth-order valence-corrected chi connectivity index (χ4v) is 2.54. The fraction of sp³-hybridized carbons (Fsp3) is 0.333. The first-order chi connectivity index (χ1) is 10.0. The molecule has 0 spiro atoms. The van der Waals surface area contributed by atoms with Crippen molar-refractivity contribution in [2.24, 2.45) is 0 Å². The van der Waals surface area contributed by atoms with E-state index < -0.39 is 0 Å². The molecule has 112 valence electrons. The van der Waals surface area contributed by atoms with Gasteiger partial charge in [-0.2, -0.15) is 0 Å².